The average molecular weight is 537 g/mol. The molecule has 0 fully saturated rings. The first-order valence-corrected chi connectivity index (χ1v) is 12.5. The van der Waals surface area contributed by atoms with Crippen molar-refractivity contribution in [2.24, 2.45) is 0 Å². The maximum absolute atomic E-state index is 11.4. The summed E-state index contributed by atoms with van der Waals surface area (Å²) in [5.74, 6) is -0.280. The van der Waals surface area contributed by atoms with Crippen LogP contribution in [0.15, 0.2) is 12.2 Å². The Bertz CT molecular complexity index is 795. The molecule has 0 saturated heterocycles. The lowest BCUT2D eigenvalue weighted by atomic mass is 10.1. The van der Waals surface area contributed by atoms with Crippen molar-refractivity contribution in [3.63, 3.8) is 0 Å². The zero-order chi connectivity index (χ0) is 26.7. The second-order valence-corrected chi connectivity index (χ2v) is 11.1. The summed E-state index contributed by atoms with van der Waals surface area (Å²) in [5, 5.41) is 0. The Kier molecular flexibility index (Phi) is 13.8. The SMILES string of the molecule is C=C(C)C(=O)OCC[N+](C)(C)CCCCCCC.O=S(=O)([N-]S(=O)(=O)C(F)(F)F)C(F)(F)F. The topological polar surface area (TPSA) is 109 Å². The lowest BCUT2D eigenvalue weighted by Gasteiger charge is -2.29. The van der Waals surface area contributed by atoms with Gasteiger partial charge in [0.1, 0.15) is 13.2 Å². The van der Waals surface area contributed by atoms with Crippen LogP contribution in [-0.2, 0) is 29.6 Å². The second kappa shape index (κ2) is 13.5. The molecule has 0 heterocycles. The number of carbonyl (C=O) groups excluding carboxylic acids is 1. The number of rotatable bonds is 12. The van der Waals surface area contributed by atoms with E-state index in [0.29, 0.717) is 12.2 Å². The molecule has 8 nitrogen and oxygen atoms in total. The van der Waals surface area contributed by atoms with Gasteiger partial charge >= 0.3 is 17.0 Å². The molecule has 0 radical (unpaired) electrons. The van der Waals surface area contributed by atoms with Crippen LogP contribution in [0.5, 0.6) is 0 Å². The molecule has 0 rings (SSSR count). The third-order valence-corrected chi connectivity index (χ3v) is 6.67. The highest BCUT2D eigenvalue weighted by Crippen LogP contribution is 2.36. The third kappa shape index (κ3) is 14.5. The number of carbonyl (C=O) groups is 1. The molecule has 0 unspecified atom stereocenters. The number of unbranched alkanes of at least 4 members (excludes halogenated alkanes) is 4. The Morgan fingerprint density at radius 1 is 0.879 bits per heavy atom. The van der Waals surface area contributed by atoms with Crippen molar-refractivity contribution in [2.75, 3.05) is 33.8 Å². The van der Waals surface area contributed by atoms with Crippen molar-refractivity contribution in [1.82, 2.24) is 0 Å². The lowest BCUT2D eigenvalue weighted by Crippen LogP contribution is -2.43. The Labute approximate surface area is 190 Å². The summed E-state index contributed by atoms with van der Waals surface area (Å²) in [6.07, 6.45) is 6.52. The molecule has 16 heteroatoms. The summed E-state index contributed by atoms with van der Waals surface area (Å²) in [5.41, 5.74) is -11.9. The number of alkyl halides is 6. The highest BCUT2D eigenvalue weighted by atomic mass is 32.3. The molecule has 0 aliphatic heterocycles. The predicted molar refractivity (Wildman–Crippen MR) is 110 cm³/mol. The maximum atomic E-state index is 11.4. The van der Waals surface area contributed by atoms with Crippen LogP contribution in [0.4, 0.5) is 26.3 Å². The average Bonchev–Trinajstić information content (AvgIpc) is 2.58. The Morgan fingerprint density at radius 3 is 1.67 bits per heavy atom. The van der Waals surface area contributed by atoms with E-state index in [2.05, 4.69) is 27.6 Å². The molecular formula is C17H30F6N2O6S2. The summed E-state index contributed by atoms with van der Waals surface area (Å²) in [6.45, 7) is 9.97. The van der Waals surface area contributed by atoms with Crippen molar-refractivity contribution in [2.45, 2.75) is 57.0 Å². The molecule has 0 aromatic heterocycles. The number of ether oxygens (including phenoxy) is 1. The summed E-state index contributed by atoms with van der Waals surface area (Å²) < 4.78 is 115. The summed E-state index contributed by atoms with van der Waals surface area (Å²) in [4.78, 5) is 11.2. The minimum atomic E-state index is -6.72. The van der Waals surface area contributed by atoms with Gasteiger partial charge in [-0.15, -0.1) is 0 Å². The van der Waals surface area contributed by atoms with Gasteiger partial charge in [-0.2, -0.15) is 26.3 Å². The smallest absolute Gasteiger partial charge is 0.456 e. The van der Waals surface area contributed by atoms with E-state index in [1.54, 1.807) is 6.92 Å². The van der Waals surface area contributed by atoms with Gasteiger partial charge in [0.05, 0.1) is 20.6 Å². The van der Waals surface area contributed by atoms with Gasteiger partial charge in [-0.05, 0) is 19.8 Å². The summed E-state index contributed by atoms with van der Waals surface area (Å²) in [6, 6.07) is 0. The molecule has 0 aliphatic rings. The fraction of sp³-hybridized carbons (Fsp3) is 0.824. The molecule has 0 aliphatic carbocycles. The zero-order valence-corrected chi connectivity index (χ0v) is 20.4. The molecule has 0 bridgehead atoms. The molecule has 0 saturated carbocycles. The monoisotopic (exact) mass is 536 g/mol. The number of sulfonamides is 2. The number of esters is 1. The van der Waals surface area contributed by atoms with Crippen LogP contribution in [0.1, 0.15) is 46.0 Å². The summed E-state index contributed by atoms with van der Waals surface area (Å²) >= 11 is 0. The Morgan fingerprint density at radius 2 is 1.30 bits per heavy atom. The fourth-order valence-corrected chi connectivity index (χ4v) is 3.69. The molecule has 0 aromatic carbocycles. The highest BCUT2D eigenvalue weighted by molar-refractivity contribution is 8.13. The van der Waals surface area contributed by atoms with Gasteiger partial charge in [-0.1, -0.05) is 32.8 Å². The van der Waals surface area contributed by atoms with Gasteiger partial charge < -0.3 is 13.3 Å². The van der Waals surface area contributed by atoms with Crippen molar-refractivity contribution in [3.8, 4) is 0 Å². The van der Waals surface area contributed by atoms with E-state index in [9.17, 15) is 48.0 Å². The normalized spacial score (nSPS) is 13.2. The van der Waals surface area contributed by atoms with Crippen LogP contribution >= 0.6 is 0 Å². The highest BCUT2D eigenvalue weighted by Gasteiger charge is 2.46. The lowest BCUT2D eigenvalue weighted by molar-refractivity contribution is -0.890. The Hall–Kier alpha value is -1.39. The van der Waals surface area contributed by atoms with E-state index in [1.165, 1.54) is 32.1 Å². The molecule has 0 N–H and O–H groups in total. The van der Waals surface area contributed by atoms with Gasteiger partial charge in [0, 0.05) is 5.57 Å². The first kappa shape index (κ1) is 33.8. The van der Waals surface area contributed by atoms with Gasteiger partial charge in [-0.3, -0.25) is 0 Å². The minimum Gasteiger partial charge on any atom is -0.456 e. The molecule has 0 amide bonds. The predicted octanol–water partition coefficient (Wildman–Crippen LogP) is 4.21. The number of hydrogen-bond acceptors (Lipinski definition) is 6. The van der Waals surface area contributed by atoms with Crippen LogP contribution < -0.4 is 0 Å². The number of likely N-dealkylation sites (N-methyl/N-ethyl adjacent to an activating group) is 1. The summed E-state index contributed by atoms with van der Waals surface area (Å²) in [7, 11) is -9.07. The second-order valence-electron chi connectivity index (χ2n) is 7.63. The number of nitrogens with zero attached hydrogens (tertiary/aromatic N) is 2. The van der Waals surface area contributed by atoms with E-state index in [1.807, 2.05) is 0 Å². The van der Waals surface area contributed by atoms with Gasteiger partial charge in [0.25, 0.3) is 0 Å². The molecule has 198 valence electrons. The molecule has 0 atom stereocenters. The quantitative estimate of drug-likeness (QED) is 0.122. The fourth-order valence-electron chi connectivity index (χ4n) is 1.98. The van der Waals surface area contributed by atoms with Crippen molar-refractivity contribution in [3.05, 3.63) is 16.3 Å². The van der Waals surface area contributed by atoms with Crippen LogP contribution in [0.2, 0.25) is 0 Å². The van der Waals surface area contributed by atoms with Gasteiger partial charge in [0.2, 0.25) is 0 Å². The van der Waals surface area contributed by atoms with Crippen molar-refractivity contribution < 1.29 is 57.2 Å². The zero-order valence-electron chi connectivity index (χ0n) is 18.8. The largest absolute Gasteiger partial charge is 0.480 e. The minimum absolute atomic E-state index is 0.280. The van der Waals surface area contributed by atoms with E-state index >= 15 is 0 Å². The van der Waals surface area contributed by atoms with Crippen LogP contribution in [-0.4, -0.2) is 72.1 Å². The van der Waals surface area contributed by atoms with E-state index < -0.39 is 31.1 Å². The van der Waals surface area contributed by atoms with E-state index in [4.69, 9.17) is 4.74 Å². The standard InChI is InChI=1S/C15H30NO2.C2F6NO4S2/c1-6-7-8-9-10-11-16(4,5)12-13-18-15(17)14(2)3;3-1(4,5)14(10,11)9-15(12,13)2(6,7)8/h2,6-13H2,1,3-5H3;/q+1;-1. The first-order chi connectivity index (χ1) is 14.6. The third-order valence-electron chi connectivity index (χ3n) is 3.93. The number of hydrogen-bond donors (Lipinski definition) is 0. The van der Waals surface area contributed by atoms with Gasteiger partial charge in [-0.25, -0.2) is 21.6 Å². The van der Waals surface area contributed by atoms with E-state index in [-0.39, 0.29) is 5.97 Å². The van der Waals surface area contributed by atoms with E-state index in [0.717, 1.165) is 21.7 Å². The van der Waals surface area contributed by atoms with Crippen LogP contribution in [0.25, 0.3) is 4.13 Å². The molecule has 33 heavy (non-hydrogen) atoms. The Balaban J connectivity index is 0. The van der Waals surface area contributed by atoms with Crippen LogP contribution in [0, 0.1) is 0 Å². The molecule has 0 spiro atoms. The molecular weight excluding hydrogens is 506 g/mol. The number of halogens is 6. The maximum Gasteiger partial charge on any atom is 0.480 e. The van der Waals surface area contributed by atoms with Crippen LogP contribution in [0.3, 0.4) is 0 Å². The first-order valence-electron chi connectivity index (χ1n) is 9.61. The van der Waals surface area contributed by atoms with Gasteiger partial charge in [0.15, 0.2) is 20.0 Å². The molecule has 0 aromatic rings. The van der Waals surface area contributed by atoms with Crippen molar-refractivity contribution in [1.29, 1.82) is 0 Å². The number of quaternary nitrogens is 1. The van der Waals surface area contributed by atoms with Crippen molar-refractivity contribution >= 4 is 26.0 Å².